The SMILES string of the molecule is CNC(=O)CCCCN(C)C1CCc2cc(-c3cccc(-c4cccc(Nc5nc(C(F)F)cc6cnn(C)c(=O)c56)c4Cl)c3Cl)nc(OC)c21. The fourth-order valence-electron chi connectivity index (χ4n) is 6.62. The number of benzene rings is 2. The Morgan fingerprint density at radius 1 is 1.08 bits per heavy atom. The zero-order valence-electron chi connectivity index (χ0n) is 28.6. The first-order chi connectivity index (χ1) is 24.5. The number of ether oxygens (including phenoxy) is 1. The number of fused-ring (bicyclic) bond motifs is 2. The Bertz CT molecular complexity index is 2180. The Labute approximate surface area is 303 Å². The lowest BCUT2D eigenvalue weighted by atomic mass is 9.99. The minimum absolute atomic E-state index is 0.0479. The van der Waals surface area contributed by atoms with E-state index in [4.69, 9.17) is 32.9 Å². The van der Waals surface area contributed by atoms with Crippen molar-refractivity contribution in [3.05, 3.63) is 91.9 Å². The van der Waals surface area contributed by atoms with Crippen LogP contribution in [-0.2, 0) is 18.3 Å². The summed E-state index contributed by atoms with van der Waals surface area (Å²) in [4.78, 5) is 35.9. The lowest BCUT2D eigenvalue weighted by Crippen LogP contribution is -2.25. The third kappa shape index (κ3) is 7.26. The molecule has 1 amide bonds. The number of anilines is 2. The van der Waals surface area contributed by atoms with Crippen molar-refractivity contribution in [2.45, 2.75) is 44.6 Å². The number of carbonyl (C=O) groups excluding carboxylic acids is 1. The Hall–Kier alpha value is -4.65. The van der Waals surface area contributed by atoms with Crippen LogP contribution in [0.5, 0.6) is 5.88 Å². The molecule has 10 nitrogen and oxygen atoms in total. The average molecular weight is 737 g/mol. The highest BCUT2D eigenvalue weighted by Gasteiger charge is 2.31. The maximum atomic E-state index is 13.8. The number of aromatic nitrogens is 4. The predicted molar refractivity (Wildman–Crippen MR) is 196 cm³/mol. The number of amides is 1. The molecule has 0 radical (unpaired) electrons. The third-order valence-electron chi connectivity index (χ3n) is 9.29. The highest BCUT2D eigenvalue weighted by atomic mass is 35.5. The normalized spacial score (nSPS) is 14.0. The Morgan fingerprint density at radius 3 is 2.53 bits per heavy atom. The molecule has 6 rings (SSSR count). The molecule has 3 heterocycles. The van der Waals surface area contributed by atoms with Crippen LogP contribution in [0.4, 0.5) is 20.3 Å². The lowest BCUT2D eigenvalue weighted by molar-refractivity contribution is -0.120. The van der Waals surface area contributed by atoms with Gasteiger partial charge in [0.15, 0.2) is 0 Å². The Balaban J connectivity index is 1.32. The summed E-state index contributed by atoms with van der Waals surface area (Å²) < 4.78 is 34.5. The molecule has 1 unspecified atom stereocenters. The Kier molecular flexibility index (Phi) is 10.8. The van der Waals surface area contributed by atoms with Gasteiger partial charge in [-0.25, -0.2) is 23.4 Å². The first kappa shape index (κ1) is 36.2. The van der Waals surface area contributed by atoms with Crippen LogP contribution < -0.4 is 20.9 Å². The van der Waals surface area contributed by atoms with Crippen LogP contribution in [0, 0.1) is 0 Å². The molecule has 0 saturated heterocycles. The quantitative estimate of drug-likeness (QED) is 0.124. The first-order valence-corrected chi connectivity index (χ1v) is 17.3. The van der Waals surface area contributed by atoms with Crippen molar-refractivity contribution in [2.24, 2.45) is 7.05 Å². The topological polar surface area (TPSA) is 114 Å². The number of nitrogens with zero attached hydrogens (tertiary/aromatic N) is 5. The number of rotatable bonds is 12. The van der Waals surface area contributed by atoms with E-state index in [-0.39, 0.29) is 33.6 Å². The van der Waals surface area contributed by atoms with Gasteiger partial charge in [0, 0.05) is 54.2 Å². The number of unbranched alkanes of at least 4 members (excludes halogenated alkanes) is 1. The zero-order valence-corrected chi connectivity index (χ0v) is 30.1. The number of hydrogen-bond acceptors (Lipinski definition) is 8. The van der Waals surface area contributed by atoms with E-state index in [9.17, 15) is 18.4 Å². The van der Waals surface area contributed by atoms with Crippen molar-refractivity contribution in [1.29, 1.82) is 0 Å². The zero-order chi connectivity index (χ0) is 36.4. The van der Waals surface area contributed by atoms with E-state index >= 15 is 0 Å². The summed E-state index contributed by atoms with van der Waals surface area (Å²) in [7, 11) is 6.82. The second kappa shape index (κ2) is 15.3. The van der Waals surface area contributed by atoms with Crippen LogP contribution in [0.25, 0.3) is 33.2 Å². The van der Waals surface area contributed by atoms with Gasteiger partial charge in [-0.05, 0) is 63.0 Å². The molecule has 5 aromatic rings. The van der Waals surface area contributed by atoms with Crippen molar-refractivity contribution >= 4 is 51.4 Å². The molecular weight excluding hydrogens is 699 g/mol. The van der Waals surface area contributed by atoms with Gasteiger partial charge >= 0.3 is 0 Å². The molecule has 1 atom stereocenters. The summed E-state index contributed by atoms with van der Waals surface area (Å²) in [5.41, 5.74) is 4.07. The fraction of sp³-hybridized carbons (Fsp3) is 0.324. The largest absolute Gasteiger partial charge is 0.481 e. The molecule has 0 aliphatic heterocycles. The molecular formula is C37H37Cl2F2N7O3. The summed E-state index contributed by atoms with van der Waals surface area (Å²) in [5.74, 6) is 0.527. The third-order valence-corrected chi connectivity index (χ3v) is 10.1. The molecule has 1 aliphatic rings. The summed E-state index contributed by atoms with van der Waals surface area (Å²) in [6.07, 6.45) is 2.46. The van der Waals surface area contributed by atoms with Gasteiger partial charge in [0.1, 0.15) is 11.5 Å². The van der Waals surface area contributed by atoms with E-state index in [1.54, 1.807) is 32.4 Å². The molecule has 266 valence electrons. The van der Waals surface area contributed by atoms with Gasteiger partial charge in [0.2, 0.25) is 11.8 Å². The Morgan fingerprint density at radius 2 is 1.80 bits per heavy atom. The van der Waals surface area contributed by atoms with Crippen LogP contribution in [0.15, 0.2) is 59.5 Å². The maximum Gasteiger partial charge on any atom is 0.280 e. The lowest BCUT2D eigenvalue weighted by Gasteiger charge is -2.26. The molecule has 0 spiro atoms. The highest BCUT2D eigenvalue weighted by molar-refractivity contribution is 6.39. The summed E-state index contributed by atoms with van der Waals surface area (Å²) in [5, 5.41) is 10.6. The number of nitrogens with one attached hydrogen (secondary N) is 2. The van der Waals surface area contributed by atoms with Gasteiger partial charge in [0.25, 0.3) is 12.0 Å². The van der Waals surface area contributed by atoms with E-state index in [2.05, 4.69) is 38.7 Å². The van der Waals surface area contributed by atoms with E-state index in [1.165, 1.54) is 13.2 Å². The van der Waals surface area contributed by atoms with Crippen molar-refractivity contribution in [3.8, 4) is 28.3 Å². The molecule has 2 N–H and O–H groups in total. The first-order valence-electron chi connectivity index (χ1n) is 16.5. The minimum Gasteiger partial charge on any atom is -0.481 e. The molecule has 51 heavy (non-hydrogen) atoms. The minimum atomic E-state index is -2.87. The van der Waals surface area contributed by atoms with Gasteiger partial charge in [-0.2, -0.15) is 5.10 Å². The van der Waals surface area contributed by atoms with Gasteiger partial charge < -0.3 is 15.4 Å². The van der Waals surface area contributed by atoms with Crippen LogP contribution >= 0.6 is 23.2 Å². The second-order valence-electron chi connectivity index (χ2n) is 12.4. The number of alkyl halides is 2. The monoisotopic (exact) mass is 735 g/mol. The summed E-state index contributed by atoms with van der Waals surface area (Å²) in [6, 6.07) is 14.1. The molecule has 0 bridgehead atoms. The van der Waals surface area contributed by atoms with Crippen molar-refractivity contribution < 1.29 is 18.3 Å². The summed E-state index contributed by atoms with van der Waals surface area (Å²) in [6.45, 7) is 0.840. The molecule has 1 aliphatic carbocycles. The van der Waals surface area contributed by atoms with Crippen LogP contribution in [0.2, 0.25) is 10.0 Å². The molecule has 0 saturated carbocycles. The molecule has 2 aromatic carbocycles. The van der Waals surface area contributed by atoms with Crippen molar-refractivity contribution in [3.63, 3.8) is 0 Å². The van der Waals surface area contributed by atoms with Gasteiger partial charge in [-0.15, -0.1) is 0 Å². The molecule has 0 fully saturated rings. The van der Waals surface area contributed by atoms with Crippen molar-refractivity contribution in [2.75, 3.05) is 33.1 Å². The number of hydrogen-bond donors (Lipinski definition) is 2. The fourth-order valence-corrected chi connectivity index (χ4v) is 7.22. The number of pyridine rings is 2. The second-order valence-corrected chi connectivity index (χ2v) is 13.2. The van der Waals surface area contributed by atoms with Gasteiger partial charge in [-0.3, -0.25) is 14.5 Å². The number of methoxy groups -OCH3 is 1. The molecule has 3 aromatic heterocycles. The van der Waals surface area contributed by atoms with Gasteiger partial charge in [0.05, 0.1) is 40.1 Å². The number of halogens is 4. The number of aryl methyl sites for hydroxylation is 2. The van der Waals surface area contributed by atoms with Crippen LogP contribution in [-0.4, -0.2) is 58.3 Å². The maximum absolute atomic E-state index is 13.8. The van der Waals surface area contributed by atoms with E-state index in [0.717, 1.165) is 54.1 Å². The van der Waals surface area contributed by atoms with E-state index in [0.29, 0.717) is 45.4 Å². The average Bonchev–Trinajstić information content (AvgIpc) is 3.56. The number of carbonyl (C=O) groups is 1. The predicted octanol–water partition coefficient (Wildman–Crippen LogP) is 7.89. The highest BCUT2D eigenvalue weighted by Crippen LogP contribution is 2.45. The van der Waals surface area contributed by atoms with Crippen LogP contribution in [0.3, 0.4) is 0 Å². The van der Waals surface area contributed by atoms with Gasteiger partial charge in [-0.1, -0.05) is 53.5 Å². The smallest absolute Gasteiger partial charge is 0.280 e. The molecule has 14 heteroatoms. The standard InChI is InChI=1S/C37H37Cl2F2N7O3/c1-42-29(49)13-5-6-16-47(2)28-15-14-20-17-26(46-36(51-4)30(20)28)24-11-7-9-22(32(24)38)23-10-8-12-25(33(23)39)44-35-31-21(18-27(45-35)34(40)41)19-43-48(3)37(31)50/h7-12,17-19,28,34H,5-6,13-16H2,1-4H3,(H,42,49)(H,44,45). The van der Waals surface area contributed by atoms with E-state index in [1.807, 2.05) is 18.2 Å². The van der Waals surface area contributed by atoms with Crippen molar-refractivity contribution in [1.82, 2.24) is 30.0 Å². The van der Waals surface area contributed by atoms with E-state index < -0.39 is 17.7 Å². The summed E-state index contributed by atoms with van der Waals surface area (Å²) >= 11 is 14.1. The van der Waals surface area contributed by atoms with Crippen LogP contribution in [0.1, 0.15) is 55.0 Å².